The number of aromatic hydroxyl groups is 2. The summed E-state index contributed by atoms with van der Waals surface area (Å²) in [5.41, 5.74) is 1.57. The van der Waals surface area contributed by atoms with Crippen LogP contribution in [-0.2, 0) is 0 Å². The Labute approximate surface area is 82.0 Å². The normalized spacial score (nSPS) is 8.91. The van der Waals surface area contributed by atoms with E-state index in [-0.39, 0.29) is 34.6 Å². The van der Waals surface area contributed by atoms with Crippen molar-refractivity contribution in [2.75, 3.05) is 0 Å². The van der Waals surface area contributed by atoms with E-state index in [1.807, 2.05) is 0 Å². The first-order chi connectivity index (χ1) is 4.61. The topological polar surface area (TPSA) is 40.5 Å². The summed E-state index contributed by atoms with van der Waals surface area (Å²) in [6, 6.07) is 3.09. The van der Waals surface area contributed by atoms with Crippen LogP contribution in [0.3, 0.4) is 0 Å². The molecule has 0 aliphatic rings. The van der Waals surface area contributed by atoms with Gasteiger partial charge in [0.15, 0.2) is 0 Å². The molecule has 0 bridgehead atoms. The van der Waals surface area contributed by atoms with Gasteiger partial charge < -0.3 is 10.2 Å². The van der Waals surface area contributed by atoms with E-state index in [1.165, 1.54) is 6.07 Å². The summed E-state index contributed by atoms with van der Waals surface area (Å²) in [5, 5.41) is 18.1. The van der Waals surface area contributed by atoms with Gasteiger partial charge in [-0.3, -0.25) is 0 Å². The molecular weight excluding hydrogens is 152 g/mol. The first-order valence-corrected chi connectivity index (χ1v) is 3.10. The van der Waals surface area contributed by atoms with Gasteiger partial charge in [-0.2, -0.15) is 0 Å². The molecule has 0 saturated heterocycles. The molecule has 2 radical (unpaired) electrons. The van der Waals surface area contributed by atoms with Gasteiger partial charge in [0, 0.05) is 29.1 Å². The van der Waals surface area contributed by atoms with Crippen molar-refractivity contribution in [2.24, 2.45) is 0 Å². The Morgan fingerprint density at radius 2 is 1.27 bits per heavy atom. The molecule has 3 heteroatoms. The molecule has 56 valence electrons. The Morgan fingerprint density at radius 1 is 0.909 bits per heavy atom. The summed E-state index contributed by atoms with van der Waals surface area (Å²) in [5.74, 6) is 0.284. The number of benzene rings is 1. The molecule has 0 aliphatic heterocycles. The van der Waals surface area contributed by atoms with Crippen LogP contribution in [0.2, 0.25) is 0 Å². The van der Waals surface area contributed by atoms with E-state index in [4.69, 9.17) is 10.2 Å². The minimum atomic E-state index is 0. The Kier molecular flexibility index (Phi) is 3.68. The second kappa shape index (κ2) is 3.83. The zero-order chi connectivity index (χ0) is 7.72. The average Bonchev–Trinajstić information content (AvgIpc) is 1.84. The lowest BCUT2D eigenvalue weighted by molar-refractivity contribution is 0.445. The van der Waals surface area contributed by atoms with Gasteiger partial charge >= 0.3 is 0 Å². The zero-order valence-electron chi connectivity index (χ0n) is 6.76. The highest BCUT2D eigenvalue weighted by molar-refractivity contribution is 5.75. The molecule has 11 heavy (non-hydrogen) atoms. The molecule has 1 aromatic carbocycles. The maximum atomic E-state index is 9.06. The molecule has 1 aromatic rings. The van der Waals surface area contributed by atoms with Crippen molar-refractivity contribution in [1.29, 1.82) is 0 Å². The van der Waals surface area contributed by atoms with Crippen molar-refractivity contribution in [1.82, 2.24) is 0 Å². The van der Waals surface area contributed by atoms with Gasteiger partial charge in [0.05, 0.1) is 0 Å². The van der Waals surface area contributed by atoms with Crippen molar-refractivity contribution in [3.63, 3.8) is 0 Å². The van der Waals surface area contributed by atoms with Gasteiger partial charge in [-0.15, -0.1) is 0 Å². The van der Waals surface area contributed by atoms with Crippen LogP contribution >= 0.6 is 0 Å². The molecule has 2 N–H and O–H groups in total. The van der Waals surface area contributed by atoms with Crippen molar-refractivity contribution < 1.29 is 10.2 Å². The predicted octanol–water partition coefficient (Wildman–Crippen LogP) is 1.33. The molecule has 1 rings (SSSR count). The van der Waals surface area contributed by atoms with E-state index in [2.05, 4.69) is 0 Å². The summed E-state index contributed by atoms with van der Waals surface area (Å²) in [4.78, 5) is 0. The quantitative estimate of drug-likeness (QED) is 0.565. The number of rotatable bonds is 0. The summed E-state index contributed by atoms with van der Waals surface area (Å²) < 4.78 is 0. The molecule has 0 fully saturated rings. The Balaban J connectivity index is 0.000001000. The highest BCUT2D eigenvalue weighted by Crippen LogP contribution is 2.25. The fourth-order valence-electron chi connectivity index (χ4n) is 0.830. The zero-order valence-corrected chi connectivity index (χ0v) is 8.17. The highest BCUT2D eigenvalue weighted by Gasteiger charge is 1.99. The van der Waals surface area contributed by atoms with Crippen LogP contribution in [0.1, 0.15) is 11.1 Å². The van der Waals surface area contributed by atoms with Crippen molar-refractivity contribution in [3.05, 3.63) is 23.3 Å². The molecule has 2 nitrogen and oxygen atoms in total. The number of hydrogen-bond acceptors (Lipinski definition) is 2. The van der Waals surface area contributed by atoms with E-state index >= 15 is 0 Å². The average molecular weight is 162 g/mol. The van der Waals surface area contributed by atoms with Crippen LogP contribution in [0.15, 0.2) is 12.1 Å². The minimum Gasteiger partial charge on any atom is -0.508 e. The molecular formula is C8H10MgO2. The summed E-state index contributed by atoms with van der Waals surface area (Å²) in [7, 11) is 0. The fourth-order valence-corrected chi connectivity index (χ4v) is 0.830. The Hall–Kier alpha value is -0.414. The third kappa shape index (κ3) is 2.27. The van der Waals surface area contributed by atoms with Gasteiger partial charge in [-0.25, -0.2) is 0 Å². The van der Waals surface area contributed by atoms with Crippen molar-refractivity contribution in [3.8, 4) is 11.5 Å². The lowest BCUT2D eigenvalue weighted by atomic mass is 10.1. The number of aryl methyl sites for hydroxylation is 2. The summed E-state index contributed by atoms with van der Waals surface area (Å²) >= 11 is 0. The SMILES string of the molecule is Cc1cc(C)c(O)cc1O.[Mg]. The van der Waals surface area contributed by atoms with Crippen LogP contribution in [0.5, 0.6) is 11.5 Å². The first kappa shape index (κ1) is 10.6. The Bertz CT molecular complexity index is 208. The molecule has 0 heterocycles. The maximum absolute atomic E-state index is 9.06. The van der Waals surface area contributed by atoms with E-state index in [9.17, 15) is 0 Å². The molecule has 0 aromatic heterocycles. The van der Waals surface area contributed by atoms with E-state index in [0.717, 1.165) is 11.1 Å². The van der Waals surface area contributed by atoms with Gasteiger partial charge in [0.2, 0.25) is 0 Å². The van der Waals surface area contributed by atoms with Gasteiger partial charge in [-0.1, -0.05) is 0 Å². The van der Waals surface area contributed by atoms with Gasteiger partial charge in [-0.05, 0) is 31.0 Å². The monoisotopic (exact) mass is 162 g/mol. The molecule has 0 atom stereocenters. The van der Waals surface area contributed by atoms with Gasteiger partial charge in [0.25, 0.3) is 0 Å². The van der Waals surface area contributed by atoms with E-state index < -0.39 is 0 Å². The summed E-state index contributed by atoms with van der Waals surface area (Å²) in [6.45, 7) is 3.59. The molecule has 0 aliphatic carbocycles. The van der Waals surface area contributed by atoms with Crippen LogP contribution in [-0.4, -0.2) is 33.3 Å². The van der Waals surface area contributed by atoms with Crippen LogP contribution < -0.4 is 0 Å². The molecule has 0 saturated carbocycles. The molecule has 0 amide bonds. The van der Waals surface area contributed by atoms with Crippen LogP contribution in [0.25, 0.3) is 0 Å². The highest BCUT2D eigenvalue weighted by atomic mass is 24.3. The van der Waals surface area contributed by atoms with Crippen LogP contribution in [0.4, 0.5) is 0 Å². The number of hydrogen-bond donors (Lipinski definition) is 2. The number of phenols is 2. The first-order valence-electron chi connectivity index (χ1n) is 3.10. The molecule has 0 unspecified atom stereocenters. The minimum absolute atomic E-state index is 0. The molecule has 0 spiro atoms. The number of phenolic OH excluding ortho intramolecular Hbond substituents is 2. The second-order valence-corrected chi connectivity index (χ2v) is 2.43. The van der Waals surface area contributed by atoms with Gasteiger partial charge in [0.1, 0.15) is 11.5 Å². The van der Waals surface area contributed by atoms with Crippen LogP contribution in [0, 0.1) is 13.8 Å². The Morgan fingerprint density at radius 3 is 1.55 bits per heavy atom. The smallest absolute Gasteiger partial charge is 0.122 e. The van der Waals surface area contributed by atoms with Crippen molar-refractivity contribution >= 4 is 23.1 Å². The predicted molar refractivity (Wildman–Crippen MR) is 45.0 cm³/mol. The standard InChI is InChI=1S/C8H10O2.Mg/c1-5-3-6(2)8(10)4-7(5)9;/h3-4,9-10H,1-2H3;. The van der Waals surface area contributed by atoms with Crippen molar-refractivity contribution in [2.45, 2.75) is 13.8 Å². The summed E-state index contributed by atoms with van der Waals surface area (Å²) in [6.07, 6.45) is 0. The third-order valence-corrected chi connectivity index (χ3v) is 1.51. The lowest BCUT2D eigenvalue weighted by Crippen LogP contribution is -1.78. The maximum Gasteiger partial charge on any atom is 0.122 e. The second-order valence-electron chi connectivity index (χ2n) is 2.43. The van der Waals surface area contributed by atoms with E-state index in [1.54, 1.807) is 19.9 Å². The fraction of sp³-hybridized carbons (Fsp3) is 0.250. The lowest BCUT2D eigenvalue weighted by Gasteiger charge is -2.01. The van der Waals surface area contributed by atoms with E-state index in [0.29, 0.717) is 0 Å². The third-order valence-electron chi connectivity index (χ3n) is 1.51. The largest absolute Gasteiger partial charge is 0.508 e.